The molecule has 3 nitrogen and oxygen atoms in total. The van der Waals surface area contributed by atoms with E-state index in [-0.39, 0.29) is 10.6 Å². The Kier molecular flexibility index (Phi) is 3.44. The molecule has 88 valence electrons. The van der Waals surface area contributed by atoms with Crippen molar-refractivity contribution in [2.24, 2.45) is 5.73 Å². The third-order valence-corrected chi connectivity index (χ3v) is 2.27. The predicted molar refractivity (Wildman–Crippen MR) is 51.0 cm³/mol. The Bertz CT molecular complexity index is 420. The van der Waals surface area contributed by atoms with Crippen LogP contribution < -0.4 is 5.73 Å². The standard InChI is InChI=1S/C9H7ClF3NO2/c10-6-2-1-4(9(11,12)13)3-5(6)7(14)8(15)16/h1-3,7H,14H2,(H,15,16). The summed E-state index contributed by atoms with van der Waals surface area (Å²) in [5.41, 5.74) is 3.96. The smallest absolute Gasteiger partial charge is 0.416 e. The van der Waals surface area contributed by atoms with Gasteiger partial charge in [-0.3, -0.25) is 4.79 Å². The van der Waals surface area contributed by atoms with Crippen molar-refractivity contribution >= 4 is 17.6 Å². The Balaban J connectivity index is 3.24. The lowest BCUT2D eigenvalue weighted by Crippen LogP contribution is -2.21. The molecule has 1 aromatic carbocycles. The average Bonchev–Trinajstić information content (AvgIpc) is 2.15. The van der Waals surface area contributed by atoms with Crippen molar-refractivity contribution in [1.29, 1.82) is 0 Å². The Morgan fingerprint density at radius 1 is 1.44 bits per heavy atom. The van der Waals surface area contributed by atoms with E-state index in [9.17, 15) is 18.0 Å². The van der Waals surface area contributed by atoms with Crippen molar-refractivity contribution in [1.82, 2.24) is 0 Å². The molecule has 16 heavy (non-hydrogen) atoms. The van der Waals surface area contributed by atoms with Crippen LogP contribution in [0.25, 0.3) is 0 Å². The molecule has 0 heterocycles. The number of halogens is 4. The molecule has 0 radical (unpaired) electrons. The molecule has 7 heteroatoms. The minimum absolute atomic E-state index is 0.108. The van der Waals surface area contributed by atoms with Gasteiger partial charge in [0, 0.05) is 5.02 Å². The van der Waals surface area contributed by atoms with Crippen LogP contribution in [-0.2, 0) is 11.0 Å². The van der Waals surface area contributed by atoms with Crippen molar-refractivity contribution in [3.05, 3.63) is 34.3 Å². The van der Waals surface area contributed by atoms with Gasteiger partial charge >= 0.3 is 12.1 Å². The Morgan fingerprint density at radius 2 is 2.00 bits per heavy atom. The van der Waals surface area contributed by atoms with Gasteiger partial charge in [0.2, 0.25) is 0 Å². The highest BCUT2D eigenvalue weighted by molar-refractivity contribution is 6.31. The van der Waals surface area contributed by atoms with E-state index >= 15 is 0 Å². The number of carboxylic acid groups (broad SMARTS) is 1. The van der Waals surface area contributed by atoms with Gasteiger partial charge in [0.05, 0.1) is 5.56 Å². The van der Waals surface area contributed by atoms with E-state index in [0.29, 0.717) is 6.07 Å². The predicted octanol–water partition coefficient (Wildman–Crippen LogP) is 2.44. The molecule has 3 N–H and O–H groups in total. The first-order valence-corrected chi connectivity index (χ1v) is 4.46. The second-order valence-corrected chi connectivity index (χ2v) is 3.46. The summed E-state index contributed by atoms with van der Waals surface area (Å²) >= 11 is 5.57. The largest absolute Gasteiger partial charge is 0.480 e. The number of rotatable bonds is 2. The second-order valence-electron chi connectivity index (χ2n) is 3.05. The number of benzene rings is 1. The van der Waals surface area contributed by atoms with E-state index in [0.717, 1.165) is 12.1 Å². The number of nitrogens with two attached hydrogens (primary N) is 1. The van der Waals surface area contributed by atoms with Crippen LogP contribution in [0.15, 0.2) is 18.2 Å². The summed E-state index contributed by atoms with van der Waals surface area (Å²) in [4.78, 5) is 10.5. The Labute approximate surface area is 93.6 Å². The Morgan fingerprint density at radius 3 is 2.44 bits per heavy atom. The average molecular weight is 254 g/mol. The van der Waals surface area contributed by atoms with Gasteiger partial charge in [-0.25, -0.2) is 0 Å². The van der Waals surface area contributed by atoms with Gasteiger partial charge in [0.1, 0.15) is 6.04 Å². The fourth-order valence-electron chi connectivity index (χ4n) is 1.09. The van der Waals surface area contributed by atoms with E-state index in [1.165, 1.54) is 0 Å². The van der Waals surface area contributed by atoms with Crippen molar-refractivity contribution in [3.63, 3.8) is 0 Å². The molecule has 0 bridgehead atoms. The van der Waals surface area contributed by atoms with E-state index in [1.807, 2.05) is 0 Å². The number of aliphatic carboxylic acids is 1. The third kappa shape index (κ3) is 2.65. The molecule has 0 aliphatic carbocycles. The molecule has 0 aromatic heterocycles. The molecule has 0 fully saturated rings. The second kappa shape index (κ2) is 4.31. The SMILES string of the molecule is NC(C(=O)O)c1cc(C(F)(F)F)ccc1Cl. The van der Waals surface area contributed by atoms with Gasteiger partial charge in [-0.1, -0.05) is 11.6 Å². The number of alkyl halides is 3. The molecule has 1 atom stereocenters. The topological polar surface area (TPSA) is 63.3 Å². The zero-order valence-corrected chi connectivity index (χ0v) is 8.51. The maximum Gasteiger partial charge on any atom is 0.416 e. The van der Waals surface area contributed by atoms with Gasteiger partial charge in [-0.15, -0.1) is 0 Å². The highest BCUT2D eigenvalue weighted by Crippen LogP contribution is 2.33. The molecule has 0 saturated heterocycles. The molecule has 1 unspecified atom stereocenters. The van der Waals surface area contributed by atoms with Crippen molar-refractivity contribution in [3.8, 4) is 0 Å². The van der Waals surface area contributed by atoms with E-state index < -0.39 is 23.8 Å². The molecule has 0 aliphatic rings. The summed E-state index contributed by atoms with van der Waals surface area (Å²) < 4.78 is 37.0. The van der Waals surface area contributed by atoms with Gasteiger partial charge in [0.15, 0.2) is 0 Å². The summed E-state index contributed by atoms with van der Waals surface area (Å²) in [7, 11) is 0. The van der Waals surface area contributed by atoms with Gasteiger partial charge < -0.3 is 10.8 Å². The van der Waals surface area contributed by atoms with Crippen LogP contribution in [0.1, 0.15) is 17.2 Å². The highest BCUT2D eigenvalue weighted by atomic mass is 35.5. The first kappa shape index (κ1) is 12.8. The lowest BCUT2D eigenvalue weighted by atomic mass is 10.0. The fourth-order valence-corrected chi connectivity index (χ4v) is 1.33. The molecule has 0 aliphatic heterocycles. The molecule has 0 amide bonds. The van der Waals surface area contributed by atoms with Crippen LogP contribution in [0.4, 0.5) is 13.2 Å². The monoisotopic (exact) mass is 253 g/mol. The maximum absolute atomic E-state index is 12.3. The lowest BCUT2D eigenvalue weighted by molar-refractivity contribution is -0.140. The van der Waals surface area contributed by atoms with Crippen LogP contribution in [0.5, 0.6) is 0 Å². The van der Waals surface area contributed by atoms with E-state index in [4.69, 9.17) is 22.4 Å². The summed E-state index contributed by atoms with van der Waals surface area (Å²) in [6.07, 6.45) is -4.56. The first-order chi connectivity index (χ1) is 7.23. The molecular weight excluding hydrogens is 247 g/mol. The van der Waals surface area contributed by atoms with Gasteiger partial charge in [-0.2, -0.15) is 13.2 Å². The molecular formula is C9H7ClF3NO2. The van der Waals surface area contributed by atoms with Gasteiger partial charge in [-0.05, 0) is 23.8 Å². The quantitative estimate of drug-likeness (QED) is 0.851. The molecule has 0 saturated carbocycles. The van der Waals surface area contributed by atoms with Crippen LogP contribution >= 0.6 is 11.6 Å². The van der Waals surface area contributed by atoms with Gasteiger partial charge in [0.25, 0.3) is 0 Å². The number of hydrogen-bond acceptors (Lipinski definition) is 2. The van der Waals surface area contributed by atoms with Crippen LogP contribution in [0.3, 0.4) is 0 Å². The zero-order valence-electron chi connectivity index (χ0n) is 7.75. The third-order valence-electron chi connectivity index (χ3n) is 1.92. The summed E-state index contributed by atoms with van der Waals surface area (Å²) in [6, 6.07) is 0.805. The summed E-state index contributed by atoms with van der Waals surface area (Å²) in [5.74, 6) is -1.44. The minimum Gasteiger partial charge on any atom is -0.480 e. The van der Waals surface area contributed by atoms with E-state index in [2.05, 4.69) is 0 Å². The number of carbonyl (C=O) groups is 1. The fraction of sp³-hybridized carbons (Fsp3) is 0.222. The first-order valence-electron chi connectivity index (χ1n) is 4.08. The highest BCUT2D eigenvalue weighted by Gasteiger charge is 2.32. The van der Waals surface area contributed by atoms with Crippen molar-refractivity contribution in [2.45, 2.75) is 12.2 Å². The Hall–Kier alpha value is -1.27. The lowest BCUT2D eigenvalue weighted by Gasteiger charge is -2.12. The normalized spacial score (nSPS) is 13.6. The van der Waals surface area contributed by atoms with Crippen LogP contribution in [-0.4, -0.2) is 11.1 Å². The molecule has 1 aromatic rings. The number of carboxylic acids is 1. The van der Waals surface area contributed by atoms with Crippen LogP contribution in [0, 0.1) is 0 Å². The van der Waals surface area contributed by atoms with Crippen molar-refractivity contribution < 1.29 is 23.1 Å². The summed E-state index contributed by atoms with van der Waals surface area (Å²) in [5, 5.41) is 8.48. The number of hydrogen-bond donors (Lipinski definition) is 2. The molecule has 0 spiro atoms. The zero-order chi connectivity index (χ0) is 12.5. The minimum atomic E-state index is -4.56. The summed E-state index contributed by atoms with van der Waals surface area (Å²) in [6.45, 7) is 0. The van der Waals surface area contributed by atoms with E-state index in [1.54, 1.807) is 0 Å². The maximum atomic E-state index is 12.3. The van der Waals surface area contributed by atoms with Crippen molar-refractivity contribution in [2.75, 3.05) is 0 Å². The molecule has 1 rings (SSSR count). The van der Waals surface area contributed by atoms with Crippen LogP contribution in [0.2, 0.25) is 5.02 Å².